The molecule has 1 aromatic heterocycles. The largest absolute Gasteiger partial charge is 0.398 e. The highest BCUT2D eigenvalue weighted by atomic mass is 14.9. The Kier molecular flexibility index (Phi) is 3.77. The summed E-state index contributed by atoms with van der Waals surface area (Å²) >= 11 is 0. The van der Waals surface area contributed by atoms with Gasteiger partial charge in [0.2, 0.25) is 0 Å². The van der Waals surface area contributed by atoms with Gasteiger partial charge in [-0.15, -0.1) is 0 Å². The zero-order valence-corrected chi connectivity index (χ0v) is 12.2. The van der Waals surface area contributed by atoms with Crippen molar-refractivity contribution in [2.45, 2.75) is 51.5 Å². The number of rotatable bonds is 2. The summed E-state index contributed by atoms with van der Waals surface area (Å²) in [4.78, 5) is 4.36. The van der Waals surface area contributed by atoms with Crippen molar-refractivity contribution in [3.63, 3.8) is 0 Å². The molecule has 1 saturated carbocycles. The molecule has 3 nitrogen and oxygen atoms in total. The molecule has 1 heterocycles. The molecular weight excluding hydrogens is 246 g/mol. The van der Waals surface area contributed by atoms with Crippen LogP contribution in [0.3, 0.4) is 0 Å². The van der Waals surface area contributed by atoms with Gasteiger partial charge in [-0.1, -0.05) is 25.7 Å². The Balaban J connectivity index is 1.94. The molecule has 3 N–H and O–H groups in total. The SMILES string of the molecule is Cc1cc2c(NC3CCCCCC3)ccc(N)c2cn1. The van der Waals surface area contributed by atoms with Gasteiger partial charge in [-0.05, 0) is 38.0 Å². The number of aromatic nitrogens is 1. The van der Waals surface area contributed by atoms with Gasteiger partial charge in [0.1, 0.15) is 0 Å². The first kappa shape index (κ1) is 13.2. The monoisotopic (exact) mass is 269 g/mol. The molecule has 0 radical (unpaired) electrons. The van der Waals surface area contributed by atoms with Crippen molar-refractivity contribution in [2.24, 2.45) is 0 Å². The second kappa shape index (κ2) is 5.70. The fraction of sp³-hybridized carbons (Fsp3) is 0.471. The molecule has 0 spiro atoms. The van der Waals surface area contributed by atoms with Gasteiger partial charge in [-0.2, -0.15) is 0 Å². The third kappa shape index (κ3) is 2.72. The van der Waals surface area contributed by atoms with Crippen LogP contribution >= 0.6 is 0 Å². The lowest BCUT2D eigenvalue weighted by molar-refractivity contribution is 0.620. The van der Waals surface area contributed by atoms with E-state index in [9.17, 15) is 0 Å². The molecule has 1 aromatic carbocycles. The lowest BCUT2D eigenvalue weighted by atomic mass is 10.1. The minimum atomic E-state index is 0.595. The predicted molar refractivity (Wildman–Crippen MR) is 86.0 cm³/mol. The lowest BCUT2D eigenvalue weighted by Gasteiger charge is -2.19. The minimum absolute atomic E-state index is 0.595. The molecule has 0 bridgehead atoms. The van der Waals surface area contributed by atoms with Gasteiger partial charge >= 0.3 is 0 Å². The zero-order valence-electron chi connectivity index (χ0n) is 12.2. The molecule has 106 valence electrons. The molecule has 3 heteroatoms. The van der Waals surface area contributed by atoms with Crippen molar-refractivity contribution < 1.29 is 0 Å². The second-order valence-electron chi connectivity index (χ2n) is 5.91. The van der Waals surface area contributed by atoms with Crippen molar-refractivity contribution in [3.8, 4) is 0 Å². The number of nitrogens with two attached hydrogens (primary N) is 1. The number of hydrogen-bond acceptors (Lipinski definition) is 3. The lowest BCUT2D eigenvalue weighted by Crippen LogP contribution is -2.18. The molecule has 20 heavy (non-hydrogen) atoms. The van der Waals surface area contributed by atoms with Crippen molar-refractivity contribution in [1.29, 1.82) is 0 Å². The Bertz CT molecular complexity index is 598. The van der Waals surface area contributed by atoms with Gasteiger partial charge in [0.15, 0.2) is 0 Å². The maximum absolute atomic E-state index is 6.07. The smallest absolute Gasteiger partial charge is 0.0424 e. The number of pyridine rings is 1. The third-order valence-corrected chi connectivity index (χ3v) is 4.29. The highest BCUT2D eigenvalue weighted by molar-refractivity contribution is 6.00. The summed E-state index contributed by atoms with van der Waals surface area (Å²) in [6, 6.07) is 6.82. The Hall–Kier alpha value is -1.77. The number of nitrogens with one attached hydrogen (secondary N) is 1. The molecule has 2 aromatic rings. The van der Waals surface area contributed by atoms with Crippen molar-refractivity contribution in [1.82, 2.24) is 4.98 Å². The van der Waals surface area contributed by atoms with E-state index < -0.39 is 0 Å². The standard InChI is InChI=1S/C17H23N3/c1-12-10-14-15(11-19-12)16(18)8-9-17(14)20-13-6-4-2-3-5-7-13/h8-11,13,20H,2-7,18H2,1H3. The summed E-state index contributed by atoms with van der Waals surface area (Å²) < 4.78 is 0. The van der Waals surface area contributed by atoms with Crippen molar-refractivity contribution in [2.75, 3.05) is 11.1 Å². The van der Waals surface area contributed by atoms with Gasteiger partial charge in [0.25, 0.3) is 0 Å². The number of fused-ring (bicyclic) bond motifs is 1. The summed E-state index contributed by atoms with van der Waals surface area (Å²) in [5.74, 6) is 0. The Morgan fingerprint density at radius 1 is 1.10 bits per heavy atom. The van der Waals surface area contributed by atoms with Crippen LogP contribution < -0.4 is 11.1 Å². The number of hydrogen-bond donors (Lipinski definition) is 2. The first-order valence-electron chi connectivity index (χ1n) is 7.65. The molecular formula is C17H23N3. The molecule has 0 saturated heterocycles. The fourth-order valence-corrected chi connectivity index (χ4v) is 3.13. The maximum Gasteiger partial charge on any atom is 0.0424 e. The topological polar surface area (TPSA) is 50.9 Å². The number of aryl methyl sites for hydroxylation is 1. The first-order valence-corrected chi connectivity index (χ1v) is 7.65. The number of nitrogen functional groups attached to an aromatic ring is 1. The molecule has 0 aliphatic heterocycles. The van der Waals surface area contributed by atoms with Crippen LogP contribution in [-0.2, 0) is 0 Å². The van der Waals surface area contributed by atoms with E-state index in [4.69, 9.17) is 5.73 Å². The summed E-state index contributed by atoms with van der Waals surface area (Å²) in [6.45, 7) is 2.03. The highest BCUT2D eigenvalue weighted by Crippen LogP contribution is 2.30. The van der Waals surface area contributed by atoms with Crippen LogP contribution in [0, 0.1) is 6.92 Å². The molecule has 0 unspecified atom stereocenters. The average molecular weight is 269 g/mol. The van der Waals surface area contributed by atoms with Crippen LogP contribution in [0.4, 0.5) is 11.4 Å². The zero-order chi connectivity index (χ0) is 13.9. The van der Waals surface area contributed by atoms with Crippen molar-refractivity contribution in [3.05, 3.63) is 30.1 Å². The third-order valence-electron chi connectivity index (χ3n) is 4.29. The molecule has 1 aliphatic carbocycles. The number of nitrogens with zero attached hydrogens (tertiary/aromatic N) is 1. The molecule has 3 rings (SSSR count). The quantitative estimate of drug-likeness (QED) is 0.632. The van der Waals surface area contributed by atoms with Crippen LogP contribution in [-0.4, -0.2) is 11.0 Å². The minimum Gasteiger partial charge on any atom is -0.398 e. The van der Waals surface area contributed by atoms with E-state index in [0.717, 1.165) is 16.8 Å². The van der Waals surface area contributed by atoms with E-state index in [-0.39, 0.29) is 0 Å². The number of anilines is 2. The Morgan fingerprint density at radius 2 is 1.85 bits per heavy atom. The molecule has 1 aliphatic rings. The molecule has 0 amide bonds. The number of benzene rings is 1. The van der Waals surface area contributed by atoms with Crippen LogP contribution in [0.5, 0.6) is 0 Å². The van der Waals surface area contributed by atoms with Gasteiger partial charge in [-0.3, -0.25) is 4.98 Å². The van der Waals surface area contributed by atoms with Gasteiger partial charge < -0.3 is 11.1 Å². The van der Waals surface area contributed by atoms with E-state index in [1.54, 1.807) is 0 Å². The maximum atomic E-state index is 6.07. The highest BCUT2D eigenvalue weighted by Gasteiger charge is 2.13. The van der Waals surface area contributed by atoms with E-state index in [0.29, 0.717) is 6.04 Å². The summed E-state index contributed by atoms with van der Waals surface area (Å²) in [7, 11) is 0. The fourth-order valence-electron chi connectivity index (χ4n) is 3.13. The van der Waals surface area contributed by atoms with Crippen LogP contribution in [0.1, 0.15) is 44.2 Å². The predicted octanol–water partition coefficient (Wildman–Crippen LogP) is 4.26. The van der Waals surface area contributed by atoms with E-state index in [1.165, 1.54) is 49.6 Å². The Morgan fingerprint density at radius 3 is 2.60 bits per heavy atom. The molecule has 1 fully saturated rings. The van der Waals surface area contributed by atoms with Crippen LogP contribution in [0.25, 0.3) is 10.8 Å². The van der Waals surface area contributed by atoms with Crippen LogP contribution in [0.15, 0.2) is 24.4 Å². The van der Waals surface area contributed by atoms with Crippen LogP contribution in [0.2, 0.25) is 0 Å². The van der Waals surface area contributed by atoms with Gasteiger partial charge in [0, 0.05) is 40.1 Å². The summed E-state index contributed by atoms with van der Waals surface area (Å²) in [5, 5.41) is 5.98. The van der Waals surface area contributed by atoms with Crippen molar-refractivity contribution >= 4 is 22.1 Å². The van der Waals surface area contributed by atoms with Gasteiger partial charge in [0.05, 0.1) is 0 Å². The van der Waals surface area contributed by atoms with Gasteiger partial charge in [-0.25, -0.2) is 0 Å². The Labute approximate surface area is 120 Å². The van der Waals surface area contributed by atoms with E-state index >= 15 is 0 Å². The summed E-state index contributed by atoms with van der Waals surface area (Å²) in [6.07, 6.45) is 9.87. The first-order chi connectivity index (χ1) is 9.74. The van der Waals surface area contributed by atoms with E-state index in [1.807, 2.05) is 19.2 Å². The second-order valence-corrected chi connectivity index (χ2v) is 5.91. The van der Waals surface area contributed by atoms with E-state index in [2.05, 4.69) is 22.4 Å². The summed E-state index contributed by atoms with van der Waals surface area (Å²) in [5.41, 5.74) is 9.10. The average Bonchev–Trinajstić information content (AvgIpc) is 2.70. The molecule has 0 atom stereocenters. The normalized spacial score (nSPS) is 17.1.